The Hall–Kier alpha value is -0.130. The predicted molar refractivity (Wildman–Crippen MR) is 55.8 cm³/mol. The highest BCUT2D eigenvalue weighted by atomic mass is 127. The third kappa shape index (κ3) is 2.73. The molecule has 1 aromatic rings. The lowest BCUT2D eigenvalue weighted by Crippen LogP contribution is -1.99. The molecule has 0 saturated carbocycles. The highest BCUT2D eigenvalue weighted by molar-refractivity contribution is 14.1. The first-order valence-corrected chi connectivity index (χ1v) is 4.86. The van der Waals surface area contributed by atoms with E-state index in [1.807, 2.05) is 24.3 Å². The van der Waals surface area contributed by atoms with Crippen LogP contribution in [-0.4, -0.2) is 16.8 Å². The summed E-state index contributed by atoms with van der Waals surface area (Å²) in [5.74, 6) is 0. The third-order valence-corrected chi connectivity index (χ3v) is 2.31. The van der Waals surface area contributed by atoms with E-state index >= 15 is 0 Å². The summed E-state index contributed by atoms with van der Waals surface area (Å²) in [6.07, 6.45) is -0.134. The average molecular weight is 278 g/mol. The molecule has 0 bridgehead atoms. The van der Waals surface area contributed by atoms with E-state index in [0.717, 1.165) is 9.13 Å². The van der Waals surface area contributed by atoms with Crippen LogP contribution < -0.4 is 0 Å². The summed E-state index contributed by atoms with van der Waals surface area (Å²) in [5.41, 5.74) is 0.871. The fourth-order valence-corrected chi connectivity index (χ4v) is 1.57. The quantitative estimate of drug-likeness (QED) is 0.826. The van der Waals surface area contributed by atoms with E-state index in [1.54, 1.807) is 0 Å². The Kier molecular flexibility index (Phi) is 3.97. The van der Waals surface area contributed by atoms with Crippen LogP contribution in [0.4, 0.5) is 0 Å². The summed E-state index contributed by atoms with van der Waals surface area (Å²) in [7, 11) is 0. The average Bonchev–Trinajstić information content (AvgIpc) is 2.05. The van der Waals surface area contributed by atoms with Crippen molar-refractivity contribution < 1.29 is 10.2 Å². The van der Waals surface area contributed by atoms with Crippen LogP contribution in [0.15, 0.2) is 24.3 Å². The molecule has 1 aromatic carbocycles. The minimum absolute atomic E-state index is 0.0205. The number of benzene rings is 1. The normalized spacial score (nSPS) is 12.9. The molecule has 66 valence electrons. The number of hydrogen-bond acceptors (Lipinski definition) is 2. The molecule has 0 radical (unpaired) electrons. The molecule has 0 heterocycles. The Morgan fingerprint density at radius 2 is 2.17 bits per heavy atom. The van der Waals surface area contributed by atoms with E-state index in [1.165, 1.54) is 0 Å². The van der Waals surface area contributed by atoms with Crippen LogP contribution in [0.1, 0.15) is 18.1 Å². The monoisotopic (exact) mass is 278 g/mol. The van der Waals surface area contributed by atoms with E-state index in [-0.39, 0.29) is 6.61 Å². The zero-order valence-electron chi connectivity index (χ0n) is 6.57. The van der Waals surface area contributed by atoms with Crippen molar-refractivity contribution in [3.63, 3.8) is 0 Å². The van der Waals surface area contributed by atoms with Crippen LogP contribution in [0.25, 0.3) is 0 Å². The summed E-state index contributed by atoms with van der Waals surface area (Å²) in [6.45, 7) is 0.0205. The Morgan fingerprint density at radius 3 is 2.75 bits per heavy atom. The van der Waals surface area contributed by atoms with Gasteiger partial charge < -0.3 is 10.2 Å². The van der Waals surface area contributed by atoms with Gasteiger partial charge >= 0.3 is 0 Å². The van der Waals surface area contributed by atoms with Crippen LogP contribution in [0.3, 0.4) is 0 Å². The predicted octanol–water partition coefficient (Wildman–Crippen LogP) is 1.71. The van der Waals surface area contributed by atoms with Gasteiger partial charge in [0.15, 0.2) is 0 Å². The maximum absolute atomic E-state index is 9.48. The fraction of sp³-hybridized carbons (Fsp3) is 0.333. The molecule has 2 nitrogen and oxygen atoms in total. The first-order chi connectivity index (χ1) is 5.74. The Morgan fingerprint density at radius 1 is 1.42 bits per heavy atom. The molecular weight excluding hydrogens is 267 g/mol. The van der Waals surface area contributed by atoms with Gasteiger partial charge in [0.1, 0.15) is 0 Å². The lowest BCUT2D eigenvalue weighted by atomic mass is 10.1. The second kappa shape index (κ2) is 4.79. The van der Waals surface area contributed by atoms with Crippen molar-refractivity contribution in [1.29, 1.82) is 0 Å². The van der Waals surface area contributed by atoms with Gasteiger partial charge in [-0.25, -0.2) is 0 Å². The number of rotatable bonds is 3. The van der Waals surface area contributed by atoms with Crippen LogP contribution in [0.5, 0.6) is 0 Å². The third-order valence-electron chi connectivity index (χ3n) is 1.64. The maximum Gasteiger partial charge on any atom is 0.0812 e. The van der Waals surface area contributed by atoms with Gasteiger partial charge in [-0.3, -0.25) is 0 Å². The van der Waals surface area contributed by atoms with Crippen LogP contribution in [0.2, 0.25) is 0 Å². The van der Waals surface area contributed by atoms with Gasteiger partial charge in [-0.05, 0) is 40.3 Å². The summed E-state index contributed by atoms with van der Waals surface area (Å²) in [6, 6.07) is 7.65. The van der Waals surface area contributed by atoms with Crippen LogP contribution >= 0.6 is 22.6 Å². The molecular formula is C9H11IO2. The number of halogens is 1. The van der Waals surface area contributed by atoms with Gasteiger partial charge in [0.05, 0.1) is 6.10 Å². The van der Waals surface area contributed by atoms with Gasteiger partial charge in [-0.1, -0.05) is 12.1 Å². The number of hydrogen-bond donors (Lipinski definition) is 2. The Labute approximate surface area is 85.4 Å². The SMILES string of the molecule is OCCC(O)c1cccc(I)c1. The van der Waals surface area contributed by atoms with E-state index < -0.39 is 6.10 Å². The molecule has 0 aliphatic carbocycles. The first-order valence-electron chi connectivity index (χ1n) is 3.78. The van der Waals surface area contributed by atoms with Gasteiger partial charge in [0.2, 0.25) is 0 Å². The highest BCUT2D eigenvalue weighted by Crippen LogP contribution is 2.17. The van der Waals surface area contributed by atoms with E-state index in [0.29, 0.717) is 6.42 Å². The second-order valence-electron chi connectivity index (χ2n) is 2.58. The number of aliphatic hydroxyl groups excluding tert-OH is 2. The molecule has 1 rings (SSSR count). The van der Waals surface area contributed by atoms with Crippen molar-refractivity contribution in [3.8, 4) is 0 Å². The first kappa shape index (κ1) is 9.95. The van der Waals surface area contributed by atoms with Gasteiger partial charge in [0, 0.05) is 16.6 Å². The van der Waals surface area contributed by atoms with Gasteiger partial charge in [-0.2, -0.15) is 0 Å². The van der Waals surface area contributed by atoms with Crippen molar-refractivity contribution in [2.45, 2.75) is 12.5 Å². The lowest BCUT2D eigenvalue weighted by Gasteiger charge is -2.08. The molecule has 3 heteroatoms. The molecule has 0 aromatic heterocycles. The van der Waals surface area contributed by atoms with E-state index in [2.05, 4.69) is 22.6 Å². The smallest absolute Gasteiger partial charge is 0.0812 e. The molecule has 1 unspecified atom stereocenters. The van der Waals surface area contributed by atoms with E-state index in [9.17, 15) is 5.11 Å². The molecule has 0 aliphatic heterocycles. The number of aliphatic hydroxyl groups is 2. The molecule has 2 N–H and O–H groups in total. The minimum Gasteiger partial charge on any atom is -0.396 e. The standard InChI is InChI=1S/C9H11IO2/c10-8-3-1-2-7(6-8)9(12)4-5-11/h1-3,6,9,11-12H,4-5H2. The lowest BCUT2D eigenvalue weighted by molar-refractivity contribution is 0.134. The topological polar surface area (TPSA) is 40.5 Å². The Bertz CT molecular complexity index is 250. The van der Waals surface area contributed by atoms with Crippen LogP contribution in [-0.2, 0) is 0 Å². The molecule has 0 saturated heterocycles. The van der Waals surface area contributed by atoms with Gasteiger partial charge in [0.25, 0.3) is 0 Å². The molecule has 0 amide bonds. The molecule has 1 atom stereocenters. The summed E-state index contributed by atoms with van der Waals surface area (Å²) in [5, 5.41) is 18.1. The van der Waals surface area contributed by atoms with Crippen molar-refractivity contribution >= 4 is 22.6 Å². The second-order valence-corrected chi connectivity index (χ2v) is 3.83. The Balaban J connectivity index is 2.73. The molecule has 0 aliphatic rings. The zero-order valence-corrected chi connectivity index (χ0v) is 8.73. The van der Waals surface area contributed by atoms with Crippen molar-refractivity contribution in [2.75, 3.05) is 6.61 Å². The van der Waals surface area contributed by atoms with E-state index in [4.69, 9.17) is 5.11 Å². The molecule has 12 heavy (non-hydrogen) atoms. The maximum atomic E-state index is 9.48. The van der Waals surface area contributed by atoms with Crippen LogP contribution in [0, 0.1) is 3.57 Å². The summed E-state index contributed by atoms with van der Waals surface area (Å²) < 4.78 is 1.10. The molecule has 0 fully saturated rings. The van der Waals surface area contributed by atoms with Gasteiger partial charge in [-0.15, -0.1) is 0 Å². The van der Waals surface area contributed by atoms with Crippen molar-refractivity contribution in [3.05, 3.63) is 33.4 Å². The van der Waals surface area contributed by atoms with Crippen molar-refractivity contribution in [2.24, 2.45) is 0 Å². The summed E-state index contributed by atoms with van der Waals surface area (Å²) >= 11 is 2.19. The summed E-state index contributed by atoms with van der Waals surface area (Å²) in [4.78, 5) is 0. The van der Waals surface area contributed by atoms with Crippen molar-refractivity contribution in [1.82, 2.24) is 0 Å². The zero-order chi connectivity index (χ0) is 8.97. The highest BCUT2D eigenvalue weighted by Gasteiger charge is 2.05. The molecule has 0 spiro atoms. The largest absolute Gasteiger partial charge is 0.396 e. The minimum atomic E-state index is -0.537. The fourth-order valence-electron chi connectivity index (χ4n) is 1.00.